The number of aryl methyl sites for hydroxylation is 1. The topological polar surface area (TPSA) is 100 Å². The van der Waals surface area contributed by atoms with Crippen molar-refractivity contribution < 1.29 is 19.1 Å². The Hall–Kier alpha value is -3.75. The van der Waals surface area contributed by atoms with Crippen molar-refractivity contribution in [3.05, 3.63) is 78.1 Å². The second-order valence-corrected chi connectivity index (χ2v) is 13.0. The van der Waals surface area contributed by atoms with Gasteiger partial charge < -0.3 is 15.3 Å². The van der Waals surface area contributed by atoms with Crippen molar-refractivity contribution in [2.45, 2.75) is 90.1 Å². The molecule has 1 saturated heterocycles. The van der Waals surface area contributed by atoms with Gasteiger partial charge in [-0.15, -0.1) is 0 Å². The lowest BCUT2D eigenvalue weighted by molar-refractivity contribution is -0.139. The number of benzene rings is 2. The molecule has 1 aromatic heterocycles. The molecule has 44 heavy (non-hydrogen) atoms. The van der Waals surface area contributed by atoms with E-state index >= 15 is 0 Å². The minimum Gasteiger partial charge on any atom is -0.508 e. The molecule has 0 bridgehead atoms. The van der Waals surface area contributed by atoms with E-state index in [0.717, 1.165) is 43.4 Å². The van der Waals surface area contributed by atoms with Crippen molar-refractivity contribution >= 4 is 11.8 Å². The van der Waals surface area contributed by atoms with Crippen LogP contribution in [0.2, 0.25) is 0 Å². The van der Waals surface area contributed by atoms with Crippen molar-refractivity contribution in [1.29, 1.82) is 0 Å². The van der Waals surface area contributed by atoms with Gasteiger partial charge >= 0.3 is 0 Å². The number of nitrogens with one attached hydrogen (secondary N) is 1. The number of amides is 2. The molecule has 2 fully saturated rings. The van der Waals surface area contributed by atoms with E-state index in [-0.39, 0.29) is 34.7 Å². The standard InChI is InChI=1S/C35H46FN5O3/c1-26(42)39-33(22-29(21-28-9-13-31(36)14-10-28)8-7-27-11-15-32(43)16-12-27)34(44)40-19-17-35(18-20-40,23-41-25-37-24-38-41)30-5-3-2-4-6-30/h9-16,24-25,29-30,33,43H,2-8,17-23H2,1H3,(H,39,42). The molecule has 0 radical (unpaired) electrons. The number of aromatic hydroxyl groups is 1. The third-order valence-corrected chi connectivity index (χ3v) is 9.95. The van der Waals surface area contributed by atoms with Crippen LogP contribution >= 0.6 is 0 Å². The van der Waals surface area contributed by atoms with Gasteiger partial charge in [0.15, 0.2) is 0 Å². The van der Waals surface area contributed by atoms with Crippen LogP contribution < -0.4 is 5.32 Å². The van der Waals surface area contributed by atoms with Gasteiger partial charge in [0, 0.05) is 26.6 Å². The Morgan fingerprint density at radius 1 is 1.02 bits per heavy atom. The lowest BCUT2D eigenvalue weighted by Gasteiger charge is -2.48. The molecular formula is C35H46FN5O3. The molecule has 2 N–H and O–H groups in total. The summed E-state index contributed by atoms with van der Waals surface area (Å²) in [6, 6.07) is 13.1. The summed E-state index contributed by atoms with van der Waals surface area (Å²) >= 11 is 0. The summed E-state index contributed by atoms with van der Waals surface area (Å²) in [5, 5.41) is 17.1. The molecule has 8 nitrogen and oxygen atoms in total. The Morgan fingerprint density at radius 3 is 2.34 bits per heavy atom. The van der Waals surface area contributed by atoms with Crippen LogP contribution in [0.15, 0.2) is 61.2 Å². The van der Waals surface area contributed by atoms with E-state index in [0.29, 0.717) is 31.8 Å². The van der Waals surface area contributed by atoms with E-state index in [1.54, 1.807) is 36.9 Å². The highest BCUT2D eigenvalue weighted by molar-refractivity contribution is 5.87. The van der Waals surface area contributed by atoms with Crippen LogP contribution in [0.5, 0.6) is 5.75 Å². The summed E-state index contributed by atoms with van der Waals surface area (Å²) in [4.78, 5) is 32.6. The number of nitrogens with zero attached hydrogens (tertiary/aromatic N) is 4. The van der Waals surface area contributed by atoms with Crippen molar-refractivity contribution in [3.63, 3.8) is 0 Å². The maximum atomic E-state index is 14.1. The van der Waals surface area contributed by atoms with Gasteiger partial charge in [0.05, 0.1) is 0 Å². The van der Waals surface area contributed by atoms with Crippen molar-refractivity contribution in [2.24, 2.45) is 17.3 Å². The first-order valence-electron chi connectivity index (χ1n) is 16.2. The number of hydrogen-bond donors (Lipinski definition) is 2. The van der Waals surface area contributed by atoms with Crippen LogP contribution in [0, 0.1) is 23.1 Å². The van der Waals surface area contributed by atoms with Crippen LogP contribution in [-0.4, -0.2) is 55.7 Å². The molecule has 9 heteroatoms. The Balaban J connectivity index is 1.29. The molecule has 2 aliphatic rings. The van der Waals surface area contributed by atoms with Crippen LogP contribution in [0.4, 0.5) is 4.39 Å². The van der Waals surface area contributed by atoms with Gasteiger partial charge in [-0.3, -0.25) is 14.3 Å². The Kier molecular flexibility index (Phi) is 10.7. The van der Waals surface area contributed by atoms with Gasteiger partial charge in [-0.2, -0.15) is 5.10 Å². The van der Waals surface area contributed by atoms with E-state index in [2.05, 4.69) is 15.4 Å². The number of phenolic OH excluding ortho intramolecular Hbond substituents is 1. The molecule has 2 heterocycles. The average Bonchev–Trinajstić information content (AvgIpc) is 3.54. The summed E-state index contributed by atoms with van der Waals surface area (Å²) in [6.07, 6.45) is 14.2. The van der Waals surface area contributed by atoms with Gasteiger partial charge in [0.1, 0.15) is 30.3 Å². The summed E-state index contributed by atoms with van der Waals surface area (Å²) in [5.74, 6) is 0.397. The molecule has 5 rings (SSSR count). The Morgan fingerprint density at radius 2 is 1.70 bits per heavy atom. The Labute approximate surface area is 260 Å². The van der Waals surface area contributed by atoms with E-state index in [9.17, 15) is 19.1 Å². The zero-order valence-electron chi connectivity index (χ0n) is 25.8. The first-order valence-corrected chi connectivity index (χ1v) is 16.2. The lowest BCUT2D eigenvalue weighted by atomic mass is 9.63. The minimum absolute atomic E-state index is 0.0214. The fourth-order valence-electron chi connectivity index (χ4n) is 7.53. The van der Waals surface area contributed by atoms with Gasteiger partial charge in [-0.25, -0.2) is 9.37 Å². The normalized spacial score (nSPS) is 18.5. The van der Waals surface area contributed by atoms with Crippen LogP contribution in [0.3, 0.4) is 0 Å². The highest BCUT2D eigenvalue weighted by atomic mass is 19.1. The summed E-state index contributed by atoms with van der Waals surface area (Å²) in [7, 11) is 0. The fraction of sp³-hybridized carbons (Fsp3) is 0.543. The SMILES string of the molecule is CC(=O)NC(CC(CCc1ccc(O)cc1)Cc1ccc(F)cc1)C(=O)N1CCC(Cn2cncn2)(C2CCCCC2)CC1. The maximum absolute atomic E-state index is 14.1. The smallest absolute Gasteiger partial charge is 0.245 e. The highest BCUT2D eigenvalue weighted by Gasteiger charge is 2.44. The highest BCUT2D eigenvalue weighted by Crippen LogP contribution is 2.47. The van der Waals surface area contributed by atoms with Gasteiger partial charge in [-0.1, -0.05) is 43.5 Å². The van der Waals surface area contributed by atoms with E-state index in [1.165, 1.54) is 51.2 Å². The molecule has 2 atom stereocenters. The zero-order valence-corrected chi connectivity index (χ0v) is 25.8. The van der Waals surface area contributed by atoms with Gasteiger partial charge in [0.25, 0.3) is 0 Å². The van der Waals surface area contributed by atoms with E-state index < -0.39 is 6.04 Å². The minimum atomic E-state index is -0.629. The second-order valence-electron chi connectivity index (χ2n) is 13.0. The van der Waals surface area contributed by atoms with Crippen LogP contribution in [0.1, 0.15) is 75.8 Å². The zero-order chi connectivity index (χ0) is 30.9. The number of halogens is 1. The monoisotopic (exact) mass is 603 g/mol. The number of carbonyl (C=O) groups excluding carboxylic acids is 2. The molecule has 1 saturated carbocycles. The molecule has 2 aromatic carbocycles. The number of phenols is 1. The van der Waals surface area contributed by atoms with Crippen molar-refractivity contribution in [1.82, 2.24) is 25.0 Å². The van der Waals surface area contributed by atoms with Crippen molar-refractivity contribution in [3.8, 4) is 5.75 Å². The van der Waals surface area contributed by atoms with Gasteiger partial charge in [0.2, 0.25) is 11.8 Å². The largest absolute Gasteiger partial charge is 0.508 e. The molecule has 236 valence electrons. The molecule has 1 aliphatic carbocycles. The maximum Gasteiger partial charge on any atom is 0.245 e. The number of aromatic nitrogens is 3. The molecule has 1 aliphatic heterocycles. The predicted octanol–water partition coefficient (Wildman–Crippen LogP) is 5.70. The average molecular weight is 604 g/mol. The first kappa shape index (κ1) is 31.7. The van der Waals surface area contributed by atoms with Crippen LogP contribution in [0.25, 0.3) is 0 Å². The van der Waals surface area contributed by atoms with Crippen molar-refractivity contribution in [2.75, 3.05) is 13.1 Å². The molecule has 3 aromatic rings. The molecular weight excluding hydrogens is 557 g/mol. The van der Waals surface area contributed by atoms with E-state index in [1.807, 2.05) is 21.7 Å². The third-order valence-electron chi connectivity index (χ3n) is 9.95. The Bertz CT molecular complexity index is 1330. The number of piperidine rings is 1. The summed E-state index contributed by atoms with van der Waals surface area (Å²) in [5.41, 5.74) is 2.18. The van der Waals surface area contributed by atoms with Gasteiger partial charge in [-0.05, 0) is 104 Å². The van der Waals surface area contributed by atoms with E-state index in [4.69, 9.17) is 0 Å². The number of rotatable bonds is 12. The van der Waals surface area contributed by atoms with Crippen LogP contribution in [-0.2, 0) is 29.0 Å². The third kappa shape index (κ3) is 8.45. The molecule has 2 amide bonds. The lowest BCUT2D eigenvalue weighted by Crippen LogP contribution is -2.54. The number of carbonyl (C=O) groups is 2. The molecule has 0 spiro atoms. The first-order chi connectivity index (χ1) is 21.3. The summed E-state index contributed by atoms with van der Waals surface area (Å²) < 4.78 is 15.6. The second kappa shape index (κ2) is 14.8. The predicted molar refractivity (Wildman–Crippen MR) is 167 cm³/mol. The number of hydrogen-bond acceptors (Lipinski definition) is 5. The quantitative estimate of drug-likeness (QED) is 0.277. The number of likely N-dealkylation sites (tertiary alicyclic amines) is 1. The molecule has 2 unspecified atom stereocenters. The summed E-state index contributed by atoms with van der Waals surface area (Å²) in [6.45, 7) is 3.62. The fourth-order valence-corrected chi connectivity index (χ4v) is 7.53.